The Morgan fingerprint density at radius 1 is 0.700 bits per heavy atom. The molecule has 0 bridgehead atoms. The summed E-state index contributed by atoms with van der Waals surface area (Å²) in [6.07, 6.45) is 0. The zero-order chi connectivity index (χ0) is 15.0. The maximum atomic E-state index is 12.8. The number of phenolic OH excluding ortho intramolecular Hbond substituents is 2. The maximum Gasteiger partial charge on any atom is 0.194 e. The summed E-state index contributed by atoms with van der Waals surface area (Å²) in [7, 11) is 0. The largest absolute Gasteiger partial charge is 0.508 e. The van der Waals surface area contributed by atoms with Crippen LogP contribution < -0.4 is 0 Å². The number of carbonyl (C=O) groups is 1. The first-order valence-corrected chi connectivity index (χ1v) is 6.46. The molecule has 104 valence electrons. The maximum absolute atomic E-state index is 12.8. The highest BCUT2D eigenvalue weighted by Crippen LogP contribution is 2.28. The van der Waals surface area contributed by atoms with Gasteiger partial charge in [0, 0.05) is 11.1 Å². The van der Waals surface area contributed by atoms with Crippen molar-refractivity contribution in [2.45, 2.75) is 27.7 Å². The molecule has 0 spiro atoms. The van der Waals surface area contributed by atoms with Gasteiger partial charge in [-0.05, 0) is 74.2 Å². The molecule has 0 saturated heterocycles. The van der Waals surface area contributed by atoms with Crippen molar-refractivity contribution in [3.8, 4) is 11.5 Å². The van der Waals surface area contributed by atoms with Crippen molar-refractivity contribution in [3.63, 3.8) is 0 Å². The lowest BCUT2D eigenvalue weighted by Crippen LogP contribution is -2.10. The molecule has 3 heteroatoms. The van der Waals surface area contributed by atoms with E-state index in [0.717, 1.165) is 22.3 Å². The number of phenols is 2. The number of rotatable bonds is 2. The Labute approximate surface area is 118 Å². The minimum Gasteiger partial charge on any atom is -0.508 e. The highest BCUT2D eigenvalue weighted by Gasteiger charge is 2.19. The predicted molar refractivity (Wildman–Crippen MR) is 78.6 cm³/mol. The normalized spacial score (nSPS) is 10.6. The minimum atomic E-state index is -0.0741. The van der Waals surface area contributed by atoms with Gasteiger partial charge >= 0.3 is 0 Å². The van der Waals surface area contributed by atoms with Gasteiger partial charge in [0.2, 0.25) is 0 Å². The third kappa shape index (κ3) is 2.39. The van der Waals surface area contributed by atoms with Gasteiger partial charge in [0.1, 0.15) is 11.5 Å². The minimum absolute atomic E-state index is 0.0741. The fourth-order valence-corrected chi connectivity index (χ4v) is 2.72. The van der Waals surface area contributed by atoms with Crippen LogP contribution in [-0.4, -0.2) is 16.0 Å². The molecule has 0 fully saturated rings. The molecule has 0 atom stereocenters. The van der Waals surface area contributed by atoms with Crippen molar-refractivity contribution in [1.82, 2.24) is 0 Å². The third-order valence-corrected chi connectivity index (χ3v) is 3.49. The summed E-state index contributed by atoms with van der Waals surface area (Å²) in [5, 5.41) is 19.1. The molecule has 0 unspecified atom stereocenters. The monoisotopic (exact) mass is 270 g/mol. The highest BCUT2D eigenvalue weighted by atomic mass is 16.3. The van der Waals surface area contributed by atoms with E-state index in [4.69, 9.17) is 0 Å². The molecule has 2 aromatic rings. The first-order valence-electron chi connectivity index (χ1n) is 6.46. The van der Waals surface area contributed by atoms with Gasteiger partial charge in [-0.2, -0.15) is 0 Å². The number of carbonyl (C=O) groups excluding carboxylic acids is 1. The zero-order valence-corrected chi connectivity index (χ0v) is 12.1. The SMILES string of the molecule is Cc1cc(O)cc(C)c1C(=O)c1c(C)cc(O)cc1C. The molecule has 0 aliphatic carbocycles. The van der Waals surface area contributed by atoms with Gasteiger partial charge in [-0.15, -0.1) is 0 Å². The Morgan fingerprint density at radius 2 is 0.950 bits per heavy atom. The Balaban J connectivity index is 2.64. The summed E-state index contributed by atoms with van der Waals surface area (Å²) in [6.45, 7) is 7.24. The number of aromatic hydroxyl groups is 2. The van der Waals surface area contributed by atoms with E-state index >= 15 is 0 Å². The van der Waals surface area contributed by atoms with E-state index in [0.29, 0.717) is 11.1 Å². The molecule has 2 aromatic carbocycles. The molecular weight excluding hydrogens is 252 g/mol. The van der Waals surface area contributed by atoms with Crippen LogP contribution in [0, 0.1) is 27.7 Å². The lowest BCUT2D eigenvalue weighted by atomic mass is 9.90. The van der Waals surface area contributed by atoms with Gasteiger partial charge in [-0.1, -0.05) is 0 Å². The molecule has 3 nitrogen and oxygen atoms in total. The van der Waals surface area contributed by atoms with Crippen LogP contribution in [0.1, 0.15) is 38.2 Å². The lowest BCUT2D eigenvalue weighted by Gasteiger charge is -2.14. The van der Waals surface area contributed by atoms with E-state index in [2.05, 4.69) is 0 Å². The first-order chi connectivity index (χ1) is 9.31. The molecule has 0 aliphatic rings. The van der Waals surface area contributed by atoms with Gasteiger partial charge in [0.15, 0.2) is 5.78 Å². The van der Waals surface area contributed by atoms with Gasteiger partial charge in [-0.3, -0.25) is 4.79 Å². The second kappa shape index (κ2) is 5.00. The molecule has 0 aliphatic heterocycles. The van der Waals surface area contributed by atoms with E-state index in [-0.39, 0.29) is 17.3 Å². The Hall–Kier alpha value is -2.29. The molecule has 2 N–H and O–H groups in total. The second-order valence-corrected chi connectivity index (χ2v) is 5.24. The summed E-state index contributed by atoms with van der Waals surface area (Å²) in [5.41, 5.74) is 4.22. The van der Waals surface area contributed by atoms with E-state index in [1.54, 1.807) is 24.3 Å². The average Bonchev–Trinajstić information content (AvgIpc) is 2.25. The molecule has 0 amide bonds. The van der Waals surface area contributed by atoms with Gasteiger partial charge in [-0.25, -0.2) is 0 Å². The molecule has 0 heterocycles. The van der Waals surface area contributed by atoms with Crippen LogP contribution in [0.2, 0.25) is 0 Å². The average molecular weight is 270 g/mol. The summed E-state index contributed by atoms with van der Waals surface area (Å²) in [4.78, 5) is 12.8. The van der Waals surface area contributed by atoms with Crippen LogP contribution in [0.25, 0.3) is 0 Å². The van der Waals surface area contributed by atoms with Crippen LogP contribution in [0.5, 0.6) is 11.5 Å². The van der Waals surface area contributed by atoms with Crippen LogP contribution in [0.4, 0.5) is 0 Å². The van der Waals surface area contributed by atoms with Crippen LogP contribution in [-0.2, 0) is 0 Å². The fourth-order valence-electron chi connectivity index (χ4n) is 2.72. The Morgan fingerprint density at radius 3 is 1.20 bits per heavy atom. The Kier molecular flexibility index (Phi) is 3.53. The molecule has 2 rings (SSSR count). The number of ketones is 1. The van der Waals surface area contributed by atoms with E-state index in [1.807, 2.05) is 27.7 Å². The smallest absolute Gasteiger partial charge is 0.194 e. The van der Waals surface area contributed by atoms with E-state index in [9.17, 15) is 15.0 Å². The number of hydrogen-bond acceptors (Lipinski definition) is 3. The molecule has 0 radical (unpaired) electrons. The third-order valence-electron chi connectivity index (χ3n) is 3.49. The summed E-state index contributed by atoms with van der Waals surface area (Å²) in [6, 6.07) is 6.35. The topological polar surface area (TPSA) is 57.5 Å². The molecule has 0 aromatic heterocycles. The van der Waals surface area contributed by atoms with Gasteiger partial charge in [0.05, 0.1) is 0 Å². The predicted octanol–water partition coefficient (Wildman–Crippen LogP) is 3.56. The van der Waals surface area contributed by atoms with Crippen molar-refractivity contribution in [2.24, 2.45) is 0 Å². The van der Waals surface area contributed by atoms with Crippen molar-refractivity contribution < 1.29 is 15.0 Å². The van der Waals surface area contributed by atoms with Crippen LogP contribution in [0.3, 0.4) is 0 Å². The van der Waals surface area contributed by atoms with Crippen LogP contribution in [0.15, 0.2) is 24.3 Å². The van der Waals surface area contributed by atoms with E-state index < -0.39 is 0 Å². The van der Waals surface area contributed by atoms with Crippen molar-refractivity contribution in [2.75, 3.05) is 0 Å². The van der Waals surface area contributed by atoms with E-state index in [1.165, 1.54) is 0 Å². The summed E-state index contributed by atoms with van der Waals surface area (Å²) >= 11 is 0. The highest BCUT2D eigenvalue weighted by molar-refractivity contribution is 6.12. The van der Waals surface area contributed by atoms with Crippen molar-refractivity contribution in [1.29, 1.82) is 0 Å². The van der Waals surface area contributed by atoms with Crippen molar-refractivity contribution >= 4 is 5.78 Å². The molecular formula is C17H18O3. The molecule has 20 heavy (non-hydrogen) atoms. The zero-order valence-electron chi connectivity index (χ0n) is 12.1. The lowest BCUT2D eigenvalue weighted by molar-refractivity contribution is 0.103. The Bertz CT molecular complexity index is 594. The first kappa shape index (κ1) is 14.1. The van der Waals surface area contributed by atoms with Crippen LogP contribution >= 0.6 is 0 Å². The molecule has 0 saturated carbocycles. The van der Waals surface area contributed by atoms with Gasteiger partial charge < -0.3 is 10.2 Å². The van der Waals surface area contributed by atoms with Crippen molar-refractivity contribution in [3.05, 3.63) is 57.6 Å². The number of aryl methyl sites for hydroxylation is 4. The van der Waals surface area contributed by atoms with Gasteiger partial charge in [0.25, 0.3) is 0 Å². The fraction of sp³-hybridized carbons (Fsp3) is 0.235. The summed E-state index contributed by atoms with van der Waals surface area (Å²) in [5.74, 6) is 0.251. The number of benzene rings is 2. The number of hydrogen-bond donors (Lipinski definition) is 2. The quantitative estimate of drug-likeness (QED) is 0.820. The standard InChI is InChI=1S/C17H18O3/c1-9-5-13(18)6-10(2)15(9)17(20)16-11(3)7-14(19)8-12(16)4/h5-8,18-19H,1-4H3. The second-order valence-electron chi connectivity index (χ2n) is 5.24. The summed E-state index contributed by atoms with van der Waals surface area (Å²) < 4.78 is 0.